The molecule has 0 aliphatic heterocycles. The van der Waals surface area contributed by atoms with Crippen LogP contribution in [-0.2, 0) is 11.2 Å². The second-order valence-electron chi connectivity index (χ2n) is 6.14. The number of ether oxygens (including phenoxy) is 1. The van der Waals surface area contributed by atoms with E-state index in [4.69, 9.17) is 9.72 Å². The molecule has 0 aromatic carbocycles. The number of aliphatic hydroxyl groups is 1. The van der Waals surface area contributed by atoms with E-state index in [1.54, 1.807) is 11.3 Å². The predicted octanol–water partition coefficient (Wildman–Crippen LogP) is 3.01. The fourth-order valence-corrected chi connectivity index (χ4v) is 3.88. The van der Waals surface area contributed by atoms with E-state index in [1.165, 1.54) is 0 Å². The Bertz CT molecular complexity index is 445. The highest BCUT2D eigenvalue weighted by Gasteiger charge is 2.34. The molecular weight excluding hydrogens is 272 g/mol. The first-order valence-corrected chi connectivity index (χ1v) is 8.29. The quantitative estimate of drug-likeness (QED) is 0.820. The number of aliphatic hydroxyl groups excluding tert-OH is 1. The average molecular weight is 298 g/mol. The molecule has 114 valence electrons. The van der Waals surface area contributed by atoms with Crippen LogP contribution >= 0.6 is 11.3 Å². The number of fused-ring (bicyclic) bond motifs is 1. The summed E-state index contributed by atoms with van der Waals surface area (Å²) in [6.07, 6.45) is 1.43. The minimum atomic E-state index is -0.356. The molecule has 1 unspecified atom stereocenters. The van der Waals surface area contributed by atoms with Crippen molar-refractivity contribution in [3.05, 3.63) is 10.6 Å². The van der Waals surface area contributed by atoms with E-state index in [0.717, 1.165) is 54.8 Å². The summed E-state index contributed by atoms with van der Waals surface area (Å²) >= 11 is 1.64. The fourth-order valence-electron chi connectivity index (χ4n) is 2.72. The number of nitrogens with zero attached hydrogens (tertiary/aromatic N) is 2. The number of likely N-dealkylation sites (N-methyl/N-ethyl adjacent to an activating group) is 1. The summed E-state index contributed by atoms with van der Waals surface area (Å²) in [6, 6.07) is 0. The van der Waals surface area contributed by atoms with Gasteiger partial charge in [0, 0.05) is 19.7 Å². The van der Waals surface area contributed by atoms with Gasteiger partial charge in [-0.05, 0) is 32.1 Å². The topological polar surface area (TPSA) is 45.6 Å². The Morgan fingerprint density at radius 1 is 1.45 bits per heavy atom. The van der Waals surface area contributed by atoms with Crippen LogP contribution in [0.15, 0.2) is 0 Å². The van der Waals surface area contributed by atoms with Crippen LogP contribution in [0.25, 0.3) is 0 Å². The number of rotatable bonds is 6. The van der Waals surface area contributed by atoms with Gasteiger partial charge in [0.1, 0.15) is 0 Å². The number of hydrogen-bond acceptors (Lipinski definition) is 5. The summed E-state index contributed by atoms with van der Waals surface area (Å²) in [7, 11) is 0. The summed E-state index contributed by atoms with van der Waals surface area (Å²) in [4.78, 5) is 8.07. The maximum Gasteiger partial charge on any atom is 0.185 e. The molecule has 0 spiro atoms. The van der Waals surface area contributed by atoms with Crippen molar-refractivity contribution in [3.8, 4) is 0 Å². The van der Waals surface area contributed by atoms with Crippen LogP contribution in [0.2, 0.25) is 0 Å². The van der Waals surface area contributed by atoms with Gasteiger partial charge < -0.3 is 14.7 Å². The molecule has 1 atom stereocenters. The van der Waals surface area contributed by atoms with Gasteiger partial charge in [0.05, 0.1) is 23.3 Å². The van der Waals surface area contributed by atoms with Crippen LogP contribution in [0.1, 0.15) is 50.8 Å². The van der Waals surface area contributed by atoms with Crippen molar-refractivity contribution in [1.82, 2.24) is 4.98 Å². The van der Waals surface area contributed by atoms with Gasteiger partial charge >= 0.3 is 0 Å². The zero-order valence-corrected chi connectivity index (χ0v) is 13.8. The Balaban J connectivity index is 2.14. The molecule has 0 fully saturated rings. The Hall–Kier alpha value is -0.650. The highest BCUT2D eigenvalue weighted by atomic mass is 32.1. The summed E-state index contributed by atoms with van der Waals surface area (Å²) < 4.78 is 5.43. The Morgan fingerprint density at radius 2 is 2.20 bits per heavy atom. The minimum absolute atomic E-state index is 0.139. The van der Waals surface area contributed by atoms with Gasteiger partial charge in [-0.25, -0.2) is 4.98 Å². The molecule has 1 aromatic rings. The number of aromatic nitrogens is 1. The molecule has 4 nitrogen and oxygen atoms in total. The van der Waals surface area contributed by atoms with Crippen molar-refractivity contribution in [2.45, 2.75) is 46.6 Å². The summed E-state index contributed by atoms with van der Waals surface area (Å²) in [5.41, 5.74) is 1.23. The van der Waals surface area contributed by atoms with E-state index < -0.39 is 0 Å². The van der Waals surface area contributed by atoms with Gasteiger partial charge in [-0.3, -0.25) is 0 Å². The first-order chi connectivity index (χ1) is 9.46. The molecule has 0 amide bonds. The third-order valence-corrected chi connectivity index (χ3v) is 5.03. The number of anilines is 1. The second-order valence-corrected chi connectivity index (χ2v) is 7.15. The highest BCUT2D eigenvalue weighted by molar-refractivity contribution is 7.15. The standard InChI is InChI=1S/C15H26N2O2S/c1-5-17(7-8-19-6-2)14-16-11-9-15(3,4)10-12(18)13(11)20-14/h12,18H,5-10H2,1-4H3. The average Bonchev–Trinajstić information content (AvgIpc) is 2.77. The molecule has 1 aliphatic rings. The molecule has 1 aliphatic carbocycles. The summed E-state index contributed by atoms with van der Waals surface area (Å²) in [6.45, 7) is 11.8. The molecule has 0 saturated heterocycles. The smallest absolute Gasteiger partial charge is 0.185 e. The highest BCUT2D eigenvalue weighted by Crippen LogP contribution is 2.44. The fraction of sp³-hybridized carbons (Fsp3) is 0.800. The number of thiazole rings is 1. The van der Waals surface area contributed by atoms with E-state index in [9.17, 15) is 5.11 Å². The van der Waals surface area contributed by atoms with Crippen LogP contribution < -0.4 is 4.90 Å². The van der Waals surface area contributed by atoms with Crippen LogP contribution in [0.5, 0.6) is 0 Å². The van der Waals surface area contributed by atoms with E-state index in [-0.39, 0.29) is 11.5 Å². The van der Waals surface area contributed by atoms with Crippen molar-refractivity contribution in [1.29, 1.82) is 0 Å². The summed E-state index contributed by atoms with van der Waals surface area (Å²) in [5, 5.41) is 11.3. The zero-order valence-electron chi connectivity index (χ0n) is 13.0. The van der Waals surface area contributed by atoms with Crippen LogP contribution in [0.3, 0.4) is 0 Å². The van der Waals surface area contributed by atoms with Gasteiger partial charge in [-0.2, -0.15) is 0 Å². The molecule has 1 N–H and O–H groups in total. The zero-order chi connectivity index (χ0) is 14.8. The lowest BCUT2D eigenvalue weighted by Gasteiger charge is -2.31. The van der Waals surface area contributed by atoms with Gasteiger partial charge in [0.2, 0.25) is 0 Å². The maximum absolute atomic E-state index is 10.3. The van der Waals surface area contributed by atoms with Gasteiger partial charge in [-0.15, -0.1) is 0 Å². The van der Waals surface area contributed by atoms with Crippen molar-refractivity contribution < 1.29 is 9.84 Å². The van der Waals surface area contributed by atoms with Gasteiger partial charge in [-0.1, -0.05) is 25.2 Å². The van der Waals surface area contributed by atoms with Crippen LogP contribution in [0, 0.1) is 5.41 Å². The number of hydrogen-bond donors (Lipinski definition) is 1. The molecule has 5 heteroatoms. The van der Waals surface area contributed by atoms with Crippen LogP contribution in [-0.4, -0.2) is 36.4 Å². The summed E-state index contributed by atoms with van der Waals surface area (Å²) in [5.74, 6) is 0. The first kappa shape index (κ1) is 15.7. The van der Waals surface area contributed by atoms with E-state index >= 15 is 0 Å². The largest absolute Gasteiger partial charge is 0.387 e. The molecule has 0 radical (unpaired) electrons. The lowest BCUT2D eigenvalue weighted by atomic mass is 9.77. The molecule has 1 heterocycles. The SMILES string of the molecule is CCOCCN(CC)c1nc2c(s1)C(O)CC(C)(C)C2. The molecule has 2 rings (SSSR count). The second kappa shape index (κ2) is 6.41. The lowest BCUT2D eigenvalue weighted by molar-refractivity contribution is 0.102. The van der Waals surface area contributed by atoms with E-state index in [2.05, 4.69) is 25.7 Å². The van der Waals surface area contributed by atoms with Gasteiger partial charge in [0.25, 0.3) is 0 Å². The Labute approximate surface area is 125 Å². The monoisotopic (exact) mass is 298 g/mol. The molecule has 0 bridgehead atoms. The molecule has 20 heavy (non-hydrogen) atoms. The first-order valence-electron chi connectivity index (χ1n) is 7.47. The predicted molar refractivity (Wildman–Crippen MR) is 83.6 cm³/mol. The Kier molecular flexibility index (Phi) is 5.04. The van der Waals surface area contributed by atoms with E-state index in [1.807, 2.05) is 6.92 Å². The lowest BCUT2D eigenvalue weighted by Crippen LogP contribution is -2.27. The van der Waals surface area contributed by atoms with Crippen molar-refractivity contribution in [3.63, 3.8) is 0 Å². The third-order valence-electron chi connectivity index (χ3n) is 3.77. The molecule has 1 aromatic heterocycles. The van der Waals surface area contributed by atoms with Crippen LogP contribution in [0.4, 0.5) is 5.13 Å². The van der Waals surface area contributed by atoms with Crippen molar-refractivity contribution in [2.24, 2.45) is 5.41 Å². The van der Waals surface area contributed by atoms with Crippen molar-refractivity contribution in [2.75, 3.05) is 31.2 Å². The molecule has 0 saturated carbocycles. The third kappa shape index (κ3) is 3.51. The van der Waals surface area contributed by atoms with Gasteiger partial charge in [0.15, 0.2) is 5.13 Å². The Morgan fingerprint density at radius 3 is 2.85 bits per heavy atom. The molecular formula is C15H26N2O2S. The maximum atomic E-state index is 10.3. The van der Waals surface area contributed by atoms with Crippen molar-refractivity contribution >= 4 is 16.5 Å². The minimum Gasteiger partial charge on any atom is -0.387 e. The van der Waals surface area contributed by atoms with E-state index in [0.29, 0.717) is 0 Å². The normalized spacial score (nSPS) is 20.8.